The molecule has 0 aliphatic carbocycles. The number of non-ortho nitro benzene ring substituents is 1. The van der Waals surface area contributed by atoms with Crippen LogP contribution >= 0.6 is 27.5 Å². The molecule has 1 heterocycles. The fourth-order valence-electron chi connectivity index (χ4n) is 3.22. The van der Waals surface area contributed by atoms with Gasteiger partial charge in [0, 0.05) is 27.2 Å². The van der Waals surface area contributed by atoms with Crippen molar-refractivity contribution in [3.8, 4) is 5.75 Å². The van der Waals surface area contributed by atoms with Crippen LogP contribution in [-0.2, 0) is 11.4 Å². The quantitative estimate of drug-likeness (QED) is 0.192. The van der Waals surface area contributed by atoms with E-state index in [0.29, 0.717) is 27.6 Å². The number of benzene rings is 3. The Balaban J connectivity index is 1.60. The number of carbonyl (C=O) groups excluding carboxylic acids is 2. The average Bonchev–Trinajstić information content (AvgIpc) is 3.06. The van der Waals surface area contributed by atoms with Gasteiger partial charge in [-0.2, -0.15) is 0 Å². The van der Waals surface area contributed by atoms with Gasteiger partial charge in [0.1, 0.15) is 18.1 Å². The molecule has 166 valence electrons. The topological polar surface area (TPSA) is 102 Å². The van der Waals surface area contributed by atoms with E-state index in [9.17, 15) is 19.7 Å². The lowest BCUT2D eigenvalue weighted by Gasteiger charge is -2.12. The van der Waals surface area contributed by atoms with Crippen molar-refractivity contribution >= 4 is 56.9 Å². The first-order valence-electron chi connectivity index (χ1n) is 9.60. The molecular weight excluding hydrogens is 514 g/mol. The highest BCUT2D eigenvalue weighted by Gasteiger charge is 2.35. The highest BCUT2D eigenvalue weighted by Crippen LogP contribution is 2.29. The lowest BCUT2D eigenvalue weighted by atomic mass is 10.1. The number of carbonyl (C=O) groups is 2. The van der Waals surface area contributed by atoms with E-state index in [1.165, 1.54) is 24.3 Å². The van der Waals surface area contributed by atoms with E-state index >= 15 is 0 Å². The zero-order valence-electron chi connectivity index (χ0n) is 16.8. The van der Waals surface area contributed by atoms with E-state index in [1.807, 2.05) is 0 Å². The van der Waals surface area contributed by atoms with E-state index in [2.05, 4.69) is 21.2 Å². The van der Waals surface area contributed by atoms with Crippen molar-refractivity contribution in [2.24, 2.45) is 0 Å². The molecular formula is C23H15BrClN3O5. The Morgan fingerprint density at radius 3 is 2.64 bits per heavy atom. The molecule has 0 atom stereocenters. The number of nitrogens with one attached hydrogen (secondary N) is 1. The van der Waals surface area contributed by atoms with Gasteiger partial charge in [-0.15, -0.1) is 0 Å². The highest BCUT2D eigenvalue weighted by atomic mass is 79.9. The number of hydrogen-bond acceptors (Lipinski definition) is 5. The van der Waals surface area contributed by atoms with Crippen LogP contribution in [-0.4, -0.2) is 16.9 Å². The summed E-state index contributed by atoms with van der Waals surface area (Å²) in [6, 6.07) is 17.2. The van der Waals surface area contributed by atoms with E-state index < -0.39 is 16.9 Å². The number of rotatable bonds is 6. The molecule has 1 N–H and O–H groups in total. The molecule has 0 aromatic heterocycles. The molecule has 0 unspecified atom stereocenters. The summed E-state index contributed by atoms with van der Waals surface area (Å²) >= 11 is 9.39. The van der Waals surface area contributed by atoms with Gasteiger partial charge in [0.2, 0.25) is 0 Å². The van der Waals surface area contributed by atoms with Crippen LogP contribution in [0.4, 0.5) is 16.2 Å². The number of nitro groups is 1. The number of anilines is 1. The lowest BCUT2D eigenvalue weighted by Crippen LogP contribution is -2.30. The third-order valence-electron chi connectivity index (χ3n) is 4.73. The van der Waals surface area contributed by atoms with Gasteiger partial charge in [0.05, 0.1) is 10.6 Å². The first kappa shape index (κ1) is 22.5. The van der Waals surface area contributed by atoms with Crippen molar-refractivity contribution in [2.75, 3.05) is 4.90 Å². The van der Waals surface area contributed by atoms with Crippen LogP contribution in [0.1, 0.15) is 11.1 Å². The van der Waals surface area contributed by atoms with Crippen molar-refractivity contribution in [2.45, 2.75) is 6.61 Å². The summed E-state index contributed by atoms with van der Waals surface area (Å²) in [7, 11) is 0. The molecule has 0 radical (unpaired) electrons. The molecule has 1 aliphatic rings. The number of hydrogen-bond donors (Lipinski definition) is 1. The smallest absolute Gasteiger partial charge is 0.333 e. The third kappa shape index (κ3) is 5.05. The molecule has 4 rings (SSSR count). The molecule has 1 saturated heterocycles. The summed E-state index contributed by atoms with van der Waals surface area (Å²) in [6.45, 7) is 0.0778. The zero-order valence-corrected chi connectivity index (χ0v) is 19.2. The van der Waals surface area contributed by atoms with E-state index in [-0.39, 0.29) is 18.0 Å². The van der Waals surface area contributed by atoms with Gasteiger partial charge >= 0.3 is 6.03 Å². The van der Waals surface area contributed by atoms with E-state index in [4.69, 9.17) is 16.3 Å². The summed E-state index contributed by atoms with van der Waals surface area (Å²) in [5.41, 5.74) is 1.53. The van der Waals surface area contributed by atoms with Crippen LogP contribution in [0.3, 0.4) is 0 Å². The Labute approximate surface area is 201 Å². The molecule has 8 nitrogen and oxygen atoms in total. The van der Waals surface area contributed by atoms with Gasteiger partial charge in [-0.1, -0.05) is 45.7 Å². The SMILES string of the molecule is O=C1N/C(=C/c2cc(Br)ccc2OCc2cccc([N+](=O)[O-])c2)C(=O)N1c1cccc(Cl)c1. The summed E-state index contributed by atoms with van der Waals surface area (Å²) in [5.74, 6) is -0.104. The maximum atomic E-state index is 12.9. The maximum Gasteiger partial charge on any atom is 0.333 e. The second-order valence-corrected chi connectivity index (χ2v) is 8.36. The molecule has 3 aromatic rings. The largest absolute Gasteiger partial charge is 0.488 e. The van der Waals surface area contributed by atoms with Crippen LogP contribution in [0, 0.1) is 10.1 Å². The molecule has 33 heavy (non-hydrogen) atoms. The number of imide groups is 1. The van der Waals surface area contributed by atoms with Crippen LogP contribution in [0.15, 0.2) is 76.9 Å². The van der Waals surface area contributed by atoms with Crippen molar-refractivity contribution in [3.05, 3.63) is 103 Å². The number of amides is 3. The number of nitro benzene ring substituents is 1. The van der Waals surface area contributed by atoms with Gasteiger partial charge < -0.3 is 10.1 Å². The Bertz CT molecular complexity index is 1310. The number of urea groups is 1. The minimum Gasteiger partial charge on any atom is -0.488 e. The van der Waals surface area contributed by atoms with Crippen molar-refractivity contribution < 1.29 is 19.2 Å². The minimum atomic E-state index is -0.595. The molecule has 10 heteroatoms. The molecule has 0 spiro atoms. The first-order chi connectivity index (χ1) is 15.8. The van der Waals surface area contributed by atoms with E-state index in [0.717, 1.165) is 9.37 Å². The number of ether oxygens (including phenoxy) is 1. The van der Waals surface area contributed by atoms with Crippen molar-refractivity contribution in [1.29, 1.82) is 0 Å². The molecule has 3 amide bonds. The molecule has 0 saturated carbocycles. The van der Waals surface area contributed by atoms with Gasteiger partial charge in [-0.3, -0.25) is 14.9 Å². The lowest BCUT2D eigenvalue weighted by molar-refractivity contribution is -0.384. The minimum absolute atomic E-state index is 0.0328. The summed E-state index contributed by atoms with van der Waals surface area (Å²) in [4.78, 5) is 36.9. The fourth-order valence-corrected chi connectivity index (χ4v) is 3.79. The monoisotopic (exact) mass is 527 g/mol. The summed E-state index contributed by atoms with van der Waals surface area (Å²) < 4.78 is 6.61. The molecule has 1 aliphatic heterocycles. The van der Waals surface area contributed by atoms with Crippen molar-refractivity contribution in [3.63, 3.8) is 0 Å². The zero-order chi connectivity index (χ0) is 23.5. The van der Waals surface area contributed by atoms with Gasteiger partial charge in [0.25, 0.3) is 11.6 Å². The summed E-state index contributed by atoms with van der Waals surface area (Å²) in [5, 5.41) is 14.0. The molecule has 0 bridgehead atoms. The Morgan fingerprint density at radius 2 is 1.88 bits per heavy atom. The molecule has 3 aromatic carbocycles. The van der Waals surface area contributed by atoms with Crippen LogP contribution in [0.25, 0.3) is 6.08 Å². The van der Waals surface area contributed by atoms with Gasteiger partial charge in [-0.05, 0) is 48.0 Å². The normalized spacial score (nSPS) is 14.5. The van der Waals surface area contributed by atoms with Gasteiger partial charge in [-0.25, -0.2) is 9.69 Å². The predicted octanol–water partition coefficient (Wildman–Crippen LogP) is 5.69. The molecule has 1 fully saturated rings. The fraction of sp³-hybridized carbons (Fsp3) is 0.0435. The highest BCUT2D eigenvalue weighted by molar-refractivity contribution is 9.10. The Hall–Kier alpha value is -3.69. The second kappa shape index (κ2) is 9.43. The van der Waals surface area contributed by atoms with E-state index in [1.54, 1.807) is 48.5 Å². The van der Waals surface area contributed by atoms with Crippen LogP contribution in [0.5, 0.6) is 5.75 Å². The maximum absolute atomic E-state index is 12.9. The van der Waals surface area contributed by atoms with Gasteiger partial charge in [0.15, 0.2) is 0 Å². The Kier molecular flexibility index (Phi) is 6.43. The third-order valence-corrected chi connectivity index (χ3v) is 5.46. The standard InChI is InChI=1S/C23H15BrClN3O5/c24-16-7-8-21(33-13-14-3-1-6-19(9-14)28(31)32)15(10-16)11-20-22(29)27(23(30)26-20)18-5-2-4-17(25)12-18/h1-12H,13H2,(H,26,30)/b20-11+. The first-order valence-corrected chi connectivity index (χ1v) is 10.8. The van der Waals surface area contributed by atoms with Crippen molar-refractivity contribution in [1.82, 2.24) is 5.32 Å². The second-order valence-electron chi connectivity index (χ2n) is 7.01. The number of nitrogens with zero attached hydrogens (tertiary/aromatic N) is 2. The predicted molar refractivity (Wildman–Crippen MR) is 127 cm³/mol. The average molecular weight is 529 g/mol. The van der Waals surface area contributed by atoms with Crippen LogP contribution in [0.2, 0.25) is 5.02 Å². The summed E-state index contributed by atoms with van der Waals surface area (Å²) in [6.07, 6.45) is 1.51. The van der Waals surface area contributed by atoms with Crippen LogP contribution < -0.4 is 15.0 Å². The number of halogens is 2. The Morgan fingerprint density at radius 1 is 1.09 bits per heavy atom.